The van der Waals surface area contributed by atoms with Gasteiger partial charge in [0.05, 0.1) is 17.1 Å². The van der Waals surface area contributed by atoms with E-state index in [1.54, 1.807) is 19.2 Å². The van der Waals surface area contributed by atoms with Crippen LogP contribution in [0.25, 0.3) is 0 Å². The zero-order chi connectivity index (χ0) is 21.5. The number of nitrogens with zero attached hydrogens (tertiary/aromatic N) is 3. The first-order valence-electron chi connectivity index (χ1n) is 9.93. The van der Waals surface area contributed by atoms with E-state index < -0.39 is 16.8 Å². The van der Waals surface area contributed by atoms with Crippen molar-refractivity contribution in [3.05, 3.63) is 63.3 Å². The highest BCUT2D eigenvalue weighted by Crippen LogP contribution is 2.22. The monoisotopic (exact) mass is 412 g/mol. The van der Waals surface area contributed by atoms with Crippen LogP contribution in [-0.2, 0) is 11.3 Å². The van der Waals surface area contributed by atoms with E-state index in [2.05, 4.69) is 15.2 Å². The molecule has 2 aromatic rings. The Balaban J connectivity index is 1.78. The van der Waals surface area contributed by atoms with Gasteiger partial charge in [-0.05, 0) is 38.3 Å². The van der Waals surface area contributed by atoms with Crippen LogP contribution < -0.4 is 10.2 Å². The van der Waals surface area contributed by atoms with Crippen LogP contribution in [0.5, 0.6) is 0 Å². The fraction of sp³-hybridized carbons (Fsp3) is 0.381. The van der Waals surface area contributed by atoms with Crippen LogP contribution in [0.4, 0.5) is 11.5 Å². The van der Waals surface area contributed by atoms with Gasteiger partial charge in [-0.1, -0.05) is 6.07 Å². The van der Waals surface area contributed by atoms with Gasteiger partial charge in [0.25, 0.3) is 11.6 Å². The second-order valence-electron chi connectivity index (χ2n) is 6.96. The summed E-state index contributed by atoms with van der Waals surface area (Å²) in [5, 5.41) is 14.0. The number of amides is 1. The third-order valence-corrected chi connectivity index (χ3v) is 4.86. The van der Waals surface area contributed by atoms with Crippen molar-refractivity contribution in [3.63, 3.8) is 0 Å². The van der Waals surface area contributed by atoms with Gasteiger partial charge in [0.15, 0.2) is 0 Å². The highest BCUT2D eigenvalue weighted by Gasteiger charge is 2.20. The molecule has 0 radical (unpaired) electrons. The Kier molecular flexibility index (Phi) is 6.95. The molecular weight excluding hydrogens is 388 g/mol. The van der Waals surface area contributed by atoms with Crippen molar-refractivity contribution in [1.82, 2.24) is 10.3 Å². The van der Waals surface area contributed by atoms with Gasteiger partial charge in [-0.2, -0.15) is 0 Å². The number of aromatic nitrogens is 1. The first-order chi connectivity index (χ1) is 14.5. The summed E-state index contributed by atoms with van der Waals surface area (Å²) in [4.78, 5) is 41.9. The van der Waals surface area contributed by atoms with Gasteiger partial charge in [-0.15, -0.1) is 0 Å². The van der Waals surface area contributed by atoms with E-state index in [4.69, 9.17) is 4.74 Å². The molecule has 0 aliphatic carbocycles. The molecule has 158 valence electrons. The van der Waals surface area contributed by atoms with Gasteiger partial charge in [-0.25, -0.2) is 9.78 Å². The molecule has 1 aliphatic rings. The lowest BCUT2D eigenvalue weighted by atomic mass is 10.1. The highest BCUT2D eigenvalue weighted by molar-refractivity contribution is 5.99. The van der Waals surface area contributed by atoms with Gasteiger partial charge in [-0.3, -0.25) is 14.9 Å². The van der Waals surface area contributed by atoms with Crippen molar-refractivity contribution in [2.24, 2.45) is 0 Å². The Bertz CT molecular complexity index is 941. The van der Waals surface area contributed by atoms with Gasteiger partial charge in [0.1, 0.15) is 5.82 Å². The van der Waals surface area contributed by atoms with Crippen molar-refractivity contribution in [2.45, 2.75) is 32.7 Å². The Hall–Kier alpha value is -3.49. The zero-order valence-electron chi connectivity index (χ0n) is 16.8. The summed E-state index contributed by atoms with van der Waals surface area (Å²) in [6, 6.07) is 7.25. The lowest BCUT2D eigenvalue weighted by Gasteiger charge is -2.29. The van der Waals surface area contributed by atoms with E-state index in [9.17, 15) is 19.7 Å². The number of ether oxygens (including phenoxy) is 1. The molecule has 1 aliphatic heterocycles. The average Bonchev–Trinajstić information content (AvgIpc) is 2.78. The largest absolute Gasteiger partial charge is 0.462 e. The summed E-state index contributed by atoms with van der Waals surface area (Å²) in [6.45, 7) is 3.83. The number of nitrogens with one attached hydrogen (secondary N) is 1. The number of pyridine rings is 1. The number of hydrogen-bond donors (Lipinski definition) is 1. The minimum atomic E-state index is -0.713. The summed E-state index contributed by atoms with van der Waals surface area (Å²) < 4.78 is 4.90. The van der Waals surface area contributed by atoms with Crippen molar-refractivity contribution in [3.8, 4) is 0 Å². The zero-order valence-corrected chi connectivity index (χ0v) is 16.8. The Morgan fingerprint density at radius 3 is 2.63 bits per heavy atom. The molecule has 3 rings (SSSR count). The lowest BCUT2D eigenvalue weighted by Crippen LogP contribution is -2.32. The number of rotatable bonds is 7. The third-order valence-electron chi connectivity index (χ3n) is 4.86. The Morgan fingerprint density at radius 1 is 1.20 bits per heavy atom. The van der Waals surface area contributed by atoms with Gasteiger partial charge in [0, 0.05) is 49.1 Å². The Morgan fingerprint density at radius 2 is 1.93 bits per heavy atom. The molecule has 2 heterocycles. The molecular formula is C21H24N4O5. The second-order valence-corrected chi connectivity index (χ2v) is 6.96. The summed E-state index contributed by atoms with van der Waals surface area (Å²) in [5.41, 5.74) is 0.507. The highest BCUT2D eigenvalue weighted by atomic mass is 16.6. The van der Waals surface area contributed by atoms with Crippen molar-refractivity contribution in [2.75, 3.05) is 24.6 Å². The molecule has 30 heavy (non-hydrogen) atoms. The van der Waals surface area contributed by atoms with Crippen LogP contribution in [-0.4, -0.2) is 41.5 Å². The van der Waals surface area contributed by atoms with E-state index in [0.717, 1.165) is 49.4 Å². The van der Waals surface area contributed by atoms with E-state index in [-0.39, 0.29) is 30.0 Å². The maximum atomic E-state index is 12.7. The molecule has 0 atom stereocenters. The fourth-order valence-corrected chi connectivity index (χ4v) is 3.42. The van der Waals surface area contributed by atoms with Crippen molar-refractivity contribution in [1.29, 1.82) is 0 Å². The van der Waals surface area contributed by atoms with Crippen LogP contribution in [0.1, 0.15) is 52.5 Å². The summed E-state index contributed by atoms with van der Waals surface area (Å²) >= 11 is 0. The maximum absolute atomic E-state index is 12.7. The van der Waals surface area contributed by atoms with E-state index in [1.807, 2.05) is 6.07 Å². The fourth-order valence-electron chi connectivity index (χ4n) is 3.42. The van der Waals surface area contributed by atoms with Crippen LogP contribution in [0.3, 0.4) is 0 Å². The third kappa shape index (κ3) is 5.11. The molecule has 1 fully saturated rings. The normalized spacial score (nSPS) is 13.6. The molecule has 0 bridgehead atoms. The summed E-state index contributed by atoms with van der Waals surface area (Å²) in [7, 11) is 0. The van der Waals surface area contributed by atoms with Crippen molar-refractivity contribution >= 4 is 23.4 Å². The van der Waals surface area contributed by atoms with Crippen LogP contribution in [0.2, 0.25) is 0 Å². The van der Waals surface area contributed by atoms with E-state index in [0.29, 0.717) is 0 Å². The summed E-state index contributed by atoms with van der Waals surface area (Å²) in [6.07, 6.45) is 5.13. The number of esters is 1. The number of carbonyl (C=O) groups is 2. The number of piperidine rings is 1. The smallest absolute Gasteiger partial charge is 0.338 e. The van der Waals surface area contributed by atoms with Crippen LogP contribution >= 0.6 is 0 Å². The quantitative estimate of drug-likeness (QED) is 0.422. The van der Waals surface area contributed by atoms with Gasteiger partial charge < -0.3 is 15.0 Å². The predicted molar refractivity (Wildman–Crippen MR) is 111 cm³/mol. The van der Waals surface area contributed by atoms with Gasteiger partial charge >= 0.3 is 5.97 Å². The Labute approximate surface area is 174 Å². The molecule has 1 N–H and O–H groups in total. The molecule has 1 aromatic carbocycles. The number of hydrogen-bond acceptors (Lipinski definition) is 7. The number of benzene rings is 1. The van der Waals surface area contributed by atoms with Crippen molar-refractivity contribution < 1.29 is 19.2 Å². The SMILES string of the molecule is CCOC(=O)c1cc(C(=O)NCc2cccnc2N2CCCCC2)cc([N+](=O)[O-])c1. The minimum Gasteiger partial charge on any atom is -0.462 e. The van der Waals surface area contributed by atoms with Crippen LogP contribution in [0.15, 0.2) is 36.5 Å². The molecule has 1 saturated heterocycles. The average molecular weight is 412 g/mol. The maximum Gasteiger partial charge on any atom is 0.338 e. The molecule has 0 spiro atoms. The molecule has 1 aromatic heterocycles. The topological polar surface area (TPSA) is 115 Å². The number of nitro benzene ring substituents is 1. The number of nitro groups is 1. The number of anilines is 1. The molecule has 9 heteroatoms. The number of carbonyl (C=O) groups excluding carboxylic acids is 2. The first-order valence-corrected chi connectivity index (χ1v) is 9.93. The second kappa shape index (κ2) is 9.82. The molecule has 1 amide bonds. The predicted octanol–water partition coefficient (Wildman–Crippen LogP) is 3.09. The van der Waals surface area contributed by atoms with E-state index in [1.165, 1.54) is 12.5 Å². The molecule has 9 nitrogen and oxygen atoms in total. The standard InChI is InChI=1S/C21H24N4O5/c1-2-30-21(27)17-11-16(12-18(13-17)25(28)29)20(26)23-14-15-7-6-8-22-19(15)24-9-4-3-5-10-24/h6-8,11-13H,2-5,9-10,14H2,1H3,(H,23,26). The molecule has 0 unspecified atom stereocenters. The number of non-ortho nitro benzene ring substituents is 1. The first kappa shape index (κ1) is 21.2. The summed E-state index contributed by atoms with van der Waals surface area (Å²) in [5.74, 6) is -0.392. The van der Waals surface area contributed by atoms with Gasteiger partial charge in [0.2, 0.25) is 0 Å². The van der Waals surface area contributed by atoms with E-state index >= 15 is 0 Å². The molecule has 0 saturated carbocycles. The lowest BCUT2D eigenvalue weighted by molar-refractivity contribution is -0.384. The van der Waals surface area contributed by atoms with Crippen LogP contribution in [0, 0.1) is 10.1 Å². The minimum absolute atomic E-state index is 0.0238.